The number of ether oxygens (including phenoxy) is 1. The first-order valence-electron chi connectivity index (χ1n) is 4.65. The highest BCUT2D eigenvalue weighted by Gasteiger charge is 2.24. The first-order chi connectivity index (χ1) is 7.15. The van der Waals surface area contributed by atoms with E-state index >= 15 is 0 Å². The third-order valence-electron chi connectivity index (χ3n) is 2.18. The van der Waals surface area contributed by atoms with E-state index in [9.17, 15) is 4.79 Å². The molecular formula is C11H14ClNO2. The number of benzene rings is 1. The van der Waals surface area contributed by atoms with E-state index in [1.54, 1.807) is 0 Å². The second-order valence-electron chi connectivity index (χ2n) is 3.27. The molecule has 4 heteroatoms. The number of amides is 1. The Morgan fingerprint density at radius 3 is 2.53 bits per heavy atom. The van der Waals surface area contributed by atoms with Gasteiger partial charge in [-0.3, -0.25) is 4.79 Å². The molecule has 0 aliphatic heterocycles. The molecule has 0 saturated carbocycles. The molecule has 0 radical (unpaired) electrons. The molecule has 0 spiro atoms. The molecule has 1 aromatic carbocycles. The standard InChI is InChI=1S/C11H14ClNO2/c1-15-9(10(12)11(13)14)7-8-5-3-2-4-6-8/h2-6,9-10H,7H2,1H3,(H2,13,14). The van der Waals surface area contributed by atoms with Crippen LogP contribution in [0.1, 0.15) is 5.56 Å². The van der Waals surface area contributed by atoms with Gasteiger partial charge in [-0.1, -0.05) is 30.3 Å². The molecule has 82 valence electrons. The largest absolute Gasteiger partial charge is 0.379 e. The number of methoxy groups -OCH3 is 1. The molecule has 15 heavy (non-hydrogen) atoms. The normalized spacial score (nSPS) is 14.5. The lowest BCUT2D eigenvalue weighted by molar-refractivity contribution is -0.119. The Hall–Kier alpha value is -1.06. The molecule has 3 nitrogen and oxygen atoms in total. The van der Waals surface area contributed by atoms with Crippen LogP contribution in [0.4, 0.5) is 0 Å². The summed E-state index contributed by atoms with van der Waals surface area (Å²) in [6.45, 7) is 0. The van der Waals surface area contributed by atoms with Crippen LogP contribution in [0.2, 0.25) is 0 Å². The lowest BCUT2D eigenvalue weighted by Gasteiger charge is -2.18. The molecule has 1 aromatic rings. The van der Waals surface area contributed by atoms with Crippen LogP contribution >= 0.6 is 11.6 Å². The zero-order valence-corrected chi connectivity index (χ0v) is 9.28. The molecular weight excluding hydrogens is 214 g/mol. The lowest BCUT2D eigenvalue weighted by atomic mass is 10.1. The number of nitrogens with two attached hydrogens (primary N) is 1. The van der Waals surface area contributed by atoms with Crippen LogP contribution in [0.15, 0.2) is 30.3 Å². The van der Waals surface area contributed by atoms with Crippen LogP contribution in [0, 0.1) is 0 Å². The summed E-state index contributed by atoms with van der Waals surface area (Å²) in [4.78, 5) is 10.9. The Balaban J connectivity index is 2.66. The van der Waals surface area contributed by atoms with E-state index in [1.807, 2.05) is 30.3 Å². The van der Waals surface area contributed by atoms with Crippen molar-refractivity contribution < 1.29 is 9.53 Å². The summed E-state index contributed by atoms with van der Waals surface area (Å²) in [5.41, 5.74) is 6.18. The van der Waals surface area contributed by atoms with Crippen molar-refractivity contribution in [3.8, 4) is 0 Å². The number of hydrogen-bond donors (Lipinski definition) is 1. The van der Waals surface area contributed by atoms with Crippen molar-refractivity contribution in [2.75, 3.05) is 7.11 Å². The number of hydrogen-bond acceptors (Lipinski definition) is 2. The summed E-state index contributed by atoms with van der Waals surface area (Å²) in [5.74, 6) is -0.556. The highest BCUT2D eigenvalue weighted by molar-refractivity contribution is 6.31. The number of carbonyl (C=O) groups excluding carboxylic acids is 1. The SMILES string of the molecule is COC(Cc1ccccc1)C(Cl)C(N)=O. The van der Waals surface area contributed by atoms with Crippen molar-refractivity contribution in [2.45, 2.75) is 17.9 Å². The molecule has 2 atom stereocenters. The Bertz CT molecular complexity index is 316. The molecule has 0 aliphatic carbocycles. The van der Waals surface area contributed by atoms with Crippen LogP contribution < -0.4 is 5.73 Å². The molecule has 0 fully saturated rings. The molecule has 0 aromatic heterocycles. The van der Waals surface area contributed by atoms with E-state index in [0.29, 0.717) is 6.42 Å². The Morgan fingerprint density at radius 1 is 1.47 bits per heavy atom. The minimum atomic E-state index is -0.796. The zero-order valence-electron chi connectivity index (χ0n) is 8.52. The second-order valence-corrected chi connectivity index (χ2v) is 3.74. The van der Waals surface area contributed by atoms with Gasteiger partial charge in [-0.25, -0.2) is 0 Å². The molecule has 0 heterocycles. The Morgan fingerprint density at radius 2 is 2.07 bits per heavy atom. The fourth-order valence-corrected chi connectivity index (χ4v) is 1.53. The third-order valence-corrected chi connectivity index (χ3v) is 2.68. The Kier molecular flexibility index (Phi) is 4.59. The van der Waals surface area contributed by atoms with Gasteiger partial charge in [0.1, 0.15) is 5.38 Å². The highest BCUT2D eigenvalue weighted by atomic mass is 35.5. The molecule has 2 N–H and O–H groups in total. The van der Waals surface area contributed by atoms with Gasteiger partial charge in [0.2, 0.25) is 5.91 Å². The van der Waals surface area contributed by atoms with Crippen LogP contribution in [0.25, 0.3) is 0 Å². The quantitative estimate of drug-likeness (QED) is 0.772. The van der Waals surface area contributed by atoms with Gasteiger partial charge in [-0.2, -0.15) is 0 Å². The van der Waals surface area contributed by atoms with Gasteiger partial charge in [0, 0.05) is 13.5 Å². The van der Waals surface area contributed by atoms with E-state index in [0.717, 1.165) is 5.56 Å². The average molecular weight is 228 g/mol. The van der Waals surface area contributed by atoms with Crippen molar-refractivity contribution in [1.82, 2.24) is 0 Å². The molecule has 2 unspecified atom stereocenters. The summed E-state index contributed by atoms with van der Waals surface area (Å²) in [7, 11) is 1.52. The number of primary amides is 1. The molecule has 1 rings (SSSR count). The average Bonchev–Trinajstić information content (AvgIpc) is 2.26. The van der Waals surface area contributed by atoms with Gasteiger partial charge >= 0.3 is 0 Å². The minimum absolute atomic E-state index is 0.383. The smallest absolute Gasteiger partial charge is 0.238 e. The number of alkyl halides is 1. The molecule has 0 saturated heterocycles. The molecule has 0 bridgehead atoms. The van der Waals surface area contributed by atoms with Crippen molar-refractivity contribution in [3.05, 3.63) is 35.9 Å². The van der Waals surface area contributed by atoms with Crippen LogP contribution in [0.3, 0.4) is 0 Å². The summed E-state index contributed by atoms with van der Waals surface area (Å²) >= 11 is 5.83. The third kappa shape index (κ3) is 3.53. The summed E-state index contributed by atoms with van der Waals surface area (Å²) in [5, 5.41) is -0.796. The minimum Gasteiger partial charge on any atom is -0.379 e. The van der Waals surface area contributed by atoms with Crippen LogP contribution in [0.5, 0.6) is 0 Å². The summed E-state index contributed by atoms with van der Waals surface area (Å²) in [6.07, 6.45) is 0.195. The van der Waals surface area contributed by atoms with Crippen molar-refractivity contribution in [1.29, 1.82) is 0 Å². The van der Waals surface area contributed by atoms with Crippen molar-refractivity contribution in [3.63, 3.8) is 0 Å². The molecule has 1 amide bonds. The van der Waals surface area contributed by atoms with E-state index < -0.39 is 11.3 Å². The maximum atomic E-state index is 10.9. The Labute approximate surface area is 94.2 Å². The maximum Gasteiger partial charge on any atom is 0.238 e. The zero-order chi connectivity index (χ0) is 11.3. The second kappa shape index (κ2) is 5.73. The first-order valence-corrected chi connectivity index (χ1v) is 5.09. The first kappa shape index (κ1) is 12.0. The van der Waals surface area contributed by atoms with Gasteiger partial charge in [0.05, 0.1) is 6.10 Å². The van der Waals surface area contributed by atoms with Crippen molar-refractivity contribution >= 4 is 17.5 Å². The van der Waals surface area contributed by atoms with Gasteiger partial charge in [0.25, 0.3) is 0 Å². The maximum absolute atomic E-state index is 10.9. The lowest BCUT2D eigenvalue weighted by Crippen LogP contribution is -2.37. The summed E-state index contributed by atoms with van der Waals surface area (Å²) in [6, 6.07) is 9.69. The number of carbonyl (C=O) groups is 1. The molecule has 0 aliphatic rings. The predicted molar refractivity (Wildman–Crippen MR) is 59.8 cm³/mol. The van der Waals surface area contributed by atoms with Gasteiger partial charge in [0.15, 0.2) is 0 Å². The number of halogens is 1. The van der Waals surface area contributed by atoms with E-state index in [2.05, 4.69) is 0 Å². The van der Waals surface area contributed by atoms with Gasteiger partial charge in [-0.05, 0) is 5.56 Å². The van der Waals surface area contributed by atoms with Gasteiger partial charge in [-0.15, -0.1) is 11.6 Å². The fraction of sp³-hybridized carbons (Fsp3) is 0.364. The van der Waals surface area contributed by atoms with Crippen molar-refractivity contribution in [2.24, 2.45) is 5.73 Å². The van der Waals surface area contributed by atoms with E-state index in [1.165, 1.54) is 7.11 Å². The monoisotopic (exact) mass is 227 g/mol. The van der Waals surface area contributed by atoms with Gasteiger partial charge < -0.3 is 10.5 Å². The highest BCUT2D eigenvalue weighted by Crippen LogP contribution is 2.12. The predicted octanol–water partition coefficient (Wildman–Crippen LogP) is 1.34. The fourth-order valence-electron chi connectivity index (χ4n) is 1.34. The topological polar surface area (TPSA) is 52.3 Å². The summed E-state index contributed by atoms with van der Waals surface area (Å²) < 4.78 is 5.14. The number of rotatable bonds is 5. The van der Waals surface area contributed by atoms with Crippen LogP contribution in [-0.2, 0) is 16.0 Å². The van der Waals surface area contributed by atoms with Crippen LogP contribution in [-0.4, -0.2) is 24.5 Å². The van der Waals surface area contributed by atoms with E-state index in [4.69, 9.17) is 22.1 Å². The van der Waals surface area contributed by atoms with E-state index in [-0.39, 0.29) is 6.10 Å².